The number of amides is 2. The number of carbonyl (C=O) groups is 2. The Morgan fingerprint density at radius 1 is 0.878 bits per heavy atom. The molecule has 0 aromatic heterocycles. The Morgan fingerprint density at radius 2 is 1.49 bits per heavy atom. The van der Waals surface area contributed by atoms with Gasteiger partial charge in [0.25, 0.3) is 10.0 Å². The zero-order valence-electron chi connectivity index (χ0n) is 24.5. The number of sulfonamides is 1. The molecule has 1 aliphatic rings. The average Bonchev–Trinajstić information content (AvgIpc) is 3.45. The minimum atomic E-state index is -4.08. The maximum atomic E-state index is 14.2. The molecule has 4 rings (SSSR count). The molecule has 7 nitrogen and oxygen atoms in total. The molecule has 2 amide bonds. The van der Waals surface area contributed by atoms with E-state index in [1.165, 1.54) is 0 Å². The molecule has 0 aliphatic heterocycles. The third-order valence-electron chi connectivity index (χ3n) is 7.74. The van der Waals surface area contributed by atoms with Gasteiger partial charge in [0.05, 0.1) is 10.6 Å². The lowest BCUT2D eigenvalue weighted by atomic mass is 10.1. The fourth-order valence-electron chi connectivity index (χ4n) is 5.33. The quantitative estimate of drug-likeness (QED) is 0.319. The molecule has 0 heterocycles. The van der Waals surface area contributed by atoms with Crippen LogP contribution in [0.4, 0.5) is 5.69 Å². The van der Waals surface area contributed by atoms with Crippen molar-refractivity contribution in [1.29, 1.82) is 0 Å². The third-order valence-corrected chi connectivity index (χ3v) is 9.53. The van der Waals surface area contributed by atoms with Gasteiger partial charge in [0.1, 0.15) is 12.6 Å². The topological polar surface area (TPSA) is 86.8 Å². The molecule has 1 atom stereocenters. The summed E-state index contributed by atoms with van der Waals surface area (Å²) in [6.45, 7) is 7.41. The Morgan fingerprint density at radius 3 is 2.07 bits per heavy atom. The predicted octanol–water partition coefficient (Wildman–Crippen LogP) is 5.67. The summed E-state index contributed by atoms with van der Waals surface area (Å²) in [7, 11) is -4.08. The van der Waals surface area contributed by atoms with Crippen LogP contribution in [0, 0.1) is 20.8 Å². The zero-order chi connectivity index (χ0) is 29.6. The fraction of sp³-hybridized carbons (Fsp3) is 0.394. The molecule has 8 heteroatoms. The zero-order valence-corrected chi connectivity index (χ0v) is 25.3. The molecule has 0 spiro atoms. The van der Waals surface area contributed by atoms with Crippen molar-refractivity contribution < 1.29 is 18.0 Å². The highest BCUT2D eigenvalue weighted by Gasteiger charge is 2.34. The van der Waals surface area contributed by atoms with Crippen molar-refractivity contribution in [1.82, 2.24) is 10.2 Å². The van der Waals surface area contributed by atoms with Crippen LogP contribution in [0.5, 0.6) is 0 Å². The Balaban J connectivity index is 1.71. The smallest absolute Gasteiger partial charge is 0.264 e. The van der Waals surface area contributed by atoms with Crippen molar-refractivity contribution in [2.45, 2.75) is 83.3 Å². The van der Waals surface area contributed by atoms with Crippen molar-refractivity contribution in [3.63, 3.8) is 0 Å². The minimum absolute atomic E-state index is 0.105. The van der Waals surface area contributed by atoms with E-state index in [4.69, 9.17) is 0 Å². The van der Waals surface area contributed by atoms with Crippen molar-refractivity contribution in [2.75, 3.05) is 10.8 Å². The van der Waals surface area contributed by atoms with Crippen LogP contribution in [0.3, 0.4) is 0 Å². The van der Waals surface area contributed by atoms with Gasteiger partial charge in [-0.3, -0.25) is 13.9 Å². The van der Waals surface area contributed by atoms with Crippen molar-refractivity contribution in [3.05, 3.63) is 95.1 Å². The summed E-state index contributed by atoms with van der Waals surface area (Å²) >= 11 is 0. The largest absolute Gasteiger partial charge is 0.352 e. The molecule has 3 aromatic carbocycles. The van der Waals surface area contributed by atoms with Gasteiger partial charge < -0.3 is 10.2 Å². The van der Waals surface area contributed by atoms with Crippen LogP contribution in [0.2, 0.25) is 0 Å². The summed E-state index contributed by atoms with van der Waals surface area (Å²) in [6, 6.07) is 20.9. The Hall–Kier alpha value is -3.65. The lowest BCUT2D eigenvalue weighted by molar-refractivity contribution is -0.140. The van der Waals surface area contributed by atoms with E-state index in [1.54, 1.807) is 47.4 Å². The molecule has 1 saturated carbocycles. The first-order valence-electron chi connectivity index (χ1n) is 14.4. The number of benzene rings is 3. The average molecular weight is 576 g/mol. The van der Waals surface area contributed by atoms with E-state index >= 15 is 0 Å². The van der Waals surface area contributed by atoms with Crippen molar-refractivity contribution in [3.8, 4) is 0 Å². The van der Waals surface area contributed by atoms with E-state index in [1.807, 2.05) is 58.0 Å². The highest BCUT2D eigenvalue weighted by molar-refractivity contribution is 7.92. The molecule has 1 N–H and O–H groups in total. The van der Waals surface area contributed by atoms with E-state index in [-0.39, 0.29) is 23.4 Å². The first kappa shape index (κ1) is 30.3. The van der Waals surface area contributed by atoms with E-state index in [0.717, 1.165) is 52.2 Å². The lowest BCUT2D eigenvalue weighted by Crippen LogP contribution is -2.53. The monoisotopic (exact) mass is 575 g/mol. The number of aryl methyl sites for hydroxylation is 3. The molecule has 0 unspecified atom stereocenters. The van der Waals surface area contributed by atoms with Gasteiger partial charge in [-0.15, -0.1) is 0 Å². The second-order valence-corrected chi connectivity index (χ2v) is 12.9. The van der Waals surface area contributed by atoms with Crippen LogP contribution in [0.1, 0.15) is 61.3 Å². The highest BCUT2D eigenvalue weighted by atomic mass is 32.2. The van der Waals surface area contributed by atoms with Gasteiger partial charge in [0.15, 0.2) is 0 Å². The highest BCUT2D eigenvalue weighted by Crippen LogP contribution is 2.26. The molecule has 0 radical (unpaired) electrons. The maximum absolute atomic E-state index is 14.2. The van der Waals surface area contributed by atoms with Gasteiger partial charge in [0, 0.05) is 12.6 Å². The summed E-state index contributed by atoms with van der Waals surface area (Å²) in [6.07, 6.45) is 4.44. The number of nitrogens with zero attached hydrogens (tertiary/aromatic N) is 2. The van der Waals surface area contributed by atoms with Gasteiger partial charge in [-0.2, -0.15) is 0 Å². The number of anilines is 1. The molecular weight excluding hydrogens is 534 g/mol. The number of carbonyl (C=O) groups excluding carboxylic acids is 2. The number of hydrogen-bond acceptors (Lipinski definition) is 4. The van der Waals surface area contributed by atoms with Crippen molar-refractivity contribution >= 4 is 27.5 Å². The van der Waals surface area contributed by atoms with Crippen LogP contribution in [-0.4, -0.2) is 43.8 Å². The van der Waals surface area contributed by atoms with Crippen LogP contribution in [0.15, 0.2) is 77.7 Å². The SMILES string of the molecule is CC[C@H](C(=O)NC1CCCC1)N(Cc1ccc(C)cc1)C(=O)CN(c1cccc(C)c1)S(=O)(=O)c1ccc(C)cc1. The van der Waals surface area contributed by atoms with Crippen LogP contribution >= 0.6 is 0 Å². The molecule has 41 heavy (non-hydrogen) atoms. The van der Waals surface area contributed by atoms with Crippen LogP contribution in [-0.2, 0) is 26.2 Å². The molecule has 1 aliphatic carbocycles. The Kier molecular flexibility index (Phi) is 9.86. The second kappa shape index (κ2) is 13.3. The summed E-state index contributed by atoms with van der Waals surface area (Å²) < 4.78 is 29.1. The summed E-state index contributed by atoms with van der Waals surface area (Å²) in [5.41, 5.74) is 4.17. The van der Waals surface area contributed by atoms with Gasteiger partial charge in [-0.25, -0.2) is 8.42 Å². The summed E-state index contributed by atoms with van der Waals surface area (Å²) in [5.74, 6) is -0.625. The molecular formula is C33H41N3O4S. The molecule has 0 saturated heterocycles. The minimum Gasteiger partial charge on any atom is -0.352 e. The van der Waals surface area contributed by atoms with Gasteiger partial charge in [-0.05, 0) is 75.4 Å². The van der Waals surface area contributed by atoms with Crippen LogP contribution < -0.4 is 9.62 Å². The van der Waals surface area contributed by atoms with Crippen LogP contribution in [0.25, 0.3) is 0 Å². The second-order valence-electron chi connectivity index (χ2n) is 11.1. The van der Waals surface area contributed by atoms with E-state index in [2.05, 4.69) is 5.32 Å². The maximum Gasteiger partial charge on any atom is 0.264 e. The van der Waals surface area contributed by atoms with Gasteiger partial charge in [-0.1, -0.05) is 79.4 Å². The number of rotatable bonds is 11. The molecule has 218 valence electrons. The number of hydrogen-bond donors (Lipinski definition) is 1. The standard InChI is InChI=1S/C33H41N3O4S/c1-5-31(33(38)34-28-10-6-7-11-28)35(22-27-17-13-24(2)14-18-27)32(37)23-36(29-12-8-9-26(4)21-29)41(39,40)30-19-15-25(3)16-20-30/h8-9,12-21,28,31H,5-7,10-11,22-23H2,1-4H3,(H,34,38)/t31-/m1/s1. The van der Waals surface area contributed by atoms with Crippen molar-refractivity contribution in [2.24, 2.45) is 0 Å². The molecule has 3 aromatic rings. The first-order valence-corrected chi connectivity index (χ1v) is 15.8. The Bertz CT molecular complexity index is 1450. The van der Waals surface area contributed by atoms with Gasteiger partial charge in [0.2, 0.25) is 11.8 Å². The third kappa shape index (κ3) is 7.55. The Labute approximate surface area is 244 Å². The summed E-state index contributed by atoms with van der Waals surface area (Å²) in [4.78, 5) is 29.4. The number of nitrogens with one attached hydrogen (secondary N) is 1. The summed E-state index contributed by atoms with van der Waals surface area (Å²) in [5, 5.41) is 3.15. The van der Waals surface area contributed by atoms with Gasteiger partial charge >= 0.3 is 0 Å². The van der Waals surface area contributed by atoms with E-state index in [0.29, 0.717) is 12.1 Å². The predicted molar refractivity (Wildman–Crippen MR) is 163 cm³/mol. The van der Waals surface area contributed by atoms with E-state index in [9.17, 15) is 18.0 Å². The molecule has 0 bridgehead atoms. The normalized spacial score (nSPS) is 14.4. The molecule has 1 fully saturated rings. The lowest BCUT2D eigenvalue weighted by Gasteiger charge is -2.34. The fourth-order valence-corrected chi connectivity index (χ4v) is 6.73. The van der Waals surface area contributed by atoms with E-state index < -0.39 is 28.5 Å². The first-order chi connectivity index (χ1) is 19.6.